The number of nitrogens with one attached hydrogen (secondary N) is 1. The molecule has 3 rings (SSSR count). The van der Waals surface area contributed by atoms with Gasteiger partial charge < -0.3 is 15.5 Å². The molecule has 0 fully saturated rings. The average molecular weight is 479 g/mol. The number of phenolic OH excluding ortho intramolecular Hbond substituents is 1. The van der Waals surface area contributed by atoms with Gasteiger partial charge in [-0.2, -0.15) is 0 Å². The second kappa shape index (κ2) is 8.47. The lowest BCUT2D eigenvalue weighted by Gasteiger charge is -2.23. The minimum Gasteiger partial charge on any atom is -0.503 e. The SMILES string of the molecule is Cc1c(C(C)C(=O)NC(C)(C)C(=O)O)c2c(F)c(O)c(F)cc2n1C(=O)c1ccc(Cl)cc1. The maximum atomic E-state index is 15.1. The maximum Gasteiger partial charge on any atom is 0.328 e. The number of aromatic hydroxyl groups is 1. The van der Waals surface area contributed by atoms with Crippen LogP contribution in [0, 0.1) is 18.6 Å². The number of phenols is 1. The fraction of sp³-hybridized carbons (Fsp3) is 0.261. The Balaban J connectivity index is 2.26. The first-order valence-corrected chi connectivity index (χ1v) is 10.2. The Labute approximate surface area is 192 Å². The van der Waals surface area contributed by atoms with Crippen molar-refractivity contribution in [3.05, 3.63) is 63.8 Å². The molecule has 33 heavy (non-hydrogen) atoms. The number of hydrogen-bond donors (Lipinski definition) is 3. The minimum atomic E-state index is -1.62. The number of carbonyl (C=O) groups is 3. The quantitative estimate of drug-likeness (QED) is 0.505. The molecule has 0 radical (unpaired) electrons. The summed E-state index contributed by atoms with van der Waals surface area (Å²) in [7, 11) is 0. The number of carboxylic acids is 1. The number of fused-ring (bicyclic) bond motifs is 1. The Bertz CT molecular complexity index is 1300. The van der Waals surface area contributed by atoms with E-state index in [4.69, 9.17) is 11.6 Å². The Morgan fingerprint density at radius 3 is 2.27 bits per heavy atom. The van der Waals surface area contributed by atoms with Crippen LogP contribution >= 0.6 is 11.6 Å². The van der Waals surface area contributed by atoms with E-state index in [1.165, 1.54) is 52.0 Å². The average Bonchev–Trinajstić information content (AvgIpc) is 3.02. The molecule has 1 heterocycles. The molecule has 1 unspecified atom stereocenters. The molecule has 7 nitrogen and oxygen atoms in total. The lowest BCUT2D eigenvalue weighted by atomic mass is 9.95. The molecule has 0 saturated carbocycles. The third kappa shape index (κ3) is 4.16. The number of rotatable bonds is 5. The highest BCUT2D eigenvalue weighted by atomic mass is 35.5. The third-order valence-corrected chi connectivity index (χ3v) is 5.75. The number of hydrogen-bond acceptors (Lipinski definition) is 4. The molecule has 2 aromatic carbocycles. The van der Waals surface area contributed by atoms with Gasteiger partial charge in [0, 0.05) is 27.7 Å². The number of carboxylic acid groups (broad SMARTS) is 1. The second-order valence-electron chi connectivity index (χ2n) is 8.20. The summed E-state index contributed by atoms with van der Waals surface area (Å²) in [5.74, 6) is -7.69. The number of halogens is 3. The lowest BCUT2D eigenvalue weighted by Crippen LogP contribution is -2.50. The van der Waals surface area contributed by atoms with Crippen molar-refractivity contribution in [2.75, 3.05) is 0 Å². The molecule has 0 aliphatic carbocycles. The van der Waals surface area contributed by atoms with Crippen molar-refractivity contribution >= 4 is 40.3 Å². The van der Waals surface area contributed by atoms with Gasteiger partial charge in [-0.25, -0.2) is 13.6 Å². The monoisotopic (exact) mass is 478 g/mol. The van der Waals surface area contributed by atoms with Crippen LogP contribution in [0.2, 0.25) is 5.02 Å². The first-order valence-electron chi connectivity index (χ1n) is 9.85. The zero-order chi connectivity index (χ0) is 24.8. The summed E-state index contributed by atoms with van der Waals surface area (Å²) in [5, 5.41) is 21.6. The highest BCUT2D eigenvalue weighted by Gasteiger charge is 2.35. The molecule has 3 N–H and O–H groups in total. The van der Waals surface area contributed by atoms with Gasteiger partial charge in [0.1, 0.15) is 5.54 Å². The van der Waals surface area contributed by atoms with E-state index in [1.54, 1.807) is 0 Å². The van der Waals surface area contributed by atoms with E-state index in [2.05, 4.69) is 5.32 Å². The number of carbonyl (C=O) groups excluding carboxylic acids is 2. The minimum absolute atomic E-state index is 0.0128. The van der Waals surface area contributed by atoms with Crippen molar-refractivity contribution in [2.24, 2.45) is 0 Å². The molecule has 0 bridgehead atoms. The molecular formula is C23H21ClF2N2O5. The predicted octanol–water partition coefficient (Wildman–Crippen LogP) is 4.36. The van der Waals surface area contributed by atoms with Crippen molar-refractivity contribution in [3.63, 3.8) is 0 Å². The maximum absolute atomic E-state index is 15.1. The molecule has 174 valence electrons. The van der Waals surface area contributed by atoms with Crippen molar-refractivity contribution in [1.82, 2.24) is 9.88 Å². The van der Waals surface area contributed by atoms with Crippen LogP contribution in [0.4, 0.5) is 8.78 Å². The fourth-order valence-electron chi connectivity index (χ4n) is 3.62. The zero-order valence-corrected chi connectivity index (χ0v) is 18.9. The molecule has 3 aromatic rings. The highest BCUT2D eigenvalue weighted by molar-refractivity contribution is 6.30. The molecule has 0 aliphatic rings. The molecule has 1 aromatic heterocycles. The van der Waals surface area contributed by atoms with Crippen LogP contribution in [0.25, 0.3) is 10.9 Å². The second-order valence-corrected chi connectivity index (χ2v) is 8.64. The summed E-state index contributed by atoms with van der Waals surface area (Å²) < 4.78 is 30.4. The zero-order valence-electron chi connectivity index (χ0n) is 18.2. The Morgan fingerprint density at radius 1 is 1.15 bits per heavy atom. The molecular weight excluding hydrogens is 458 g/mol. The van der Waals surface area contributed by atoms with Crippen LogP contribution in [0.3, 0.4) is 0 Å². The van der Waals surface area contributed by atoms with Gasteiger partial charge in [0.25, 0.3) is 5.91 Å². The Kier molecular flexibility index (Phi) is 6.21. The molecule has 0 saturated heterocycles. The van der Waals surface area contributed by atoms with E-state index < -0.39 is 46.6 Å². The van der Waals surface area contributed by atoms with Gasteiger partial charge in [-0.1, -0.05) is 11.6 Å². The fourth-order valence-corrected chi connectivity index (χ4v) is 3.75. The first-order chi connectivity index (χ1) is 15.3. The summed E-state index contributed by atoms with van der Waals surface area (Å²) in [6.07, 6.45) is 0. The third-order valence-electron chi connectivity index (χ3n) is 5.50. The van der Waals surface area contributed by atoms with E-state index in [0.717, 1.165) is 10.6 Å². The topological polar surface area (TPSA) is 109 Å². The number of aromatic nitrogens is 1. The van der Waals surface area contributed by atoms with Gasteiger partial charge in [0.2, 0.25) is 5.91 Å². The van der Waals surface area contributed by atoms with Gasteiger partial charge >= 0.3 is 5.97 Å². The number of benzene rings is 2. The van der Waals surface area contributed by atoms with E-state index in [-0.39, 0.29) is 27.7 Å². The van der Waals surface area contributed by atoms with Gasteiger partial charge in [-0.05, 0) is 57.5 Å². The predicted molar refractivity (Wildman–Crippen MR) is 118 cm³/mol. The smallest absolute Gasteiger partial charge is 0.328 e. The van der Waals surface area contributed by atoms with Gasteiger partial charge in [-0.3, -0.25) is 14.2 Å². The van der Waals surface area contributed by atoms with Gasteiger partial charge in [0.15, 0.2) is 17.4 Å². The lowest BCUT2D eigenvalue weighted by molar-refractivity contribution is -0.146. The molecule has 10 heteroatoms. The highest BCUT2D eigenvalue weighted by Crippen LogP contribution is 2.38. The summed E-state index contributed by atoms with van der Waals surface area (Å²) in [6.45, 7) is 5.40. The number of amides is 1. The van der Waals surface area contributed by atoms with Crippen LogP contribution in [-0.2, 0) is 9.59 Å². The van der Waals surface area contributed by atoms with Crippen LogP contribution in [0.1, 0.15) is 48.3 Å². The van der Waals surface area contributed by atoms with Crippen molar-refractivity contribution < 1.29 is 33.4 Å². The van der Waals surface area contributed by atoms with Crippen molar-refractivity contribution in [2.45, 2.75) is 39.2 Å². The van der Waals surface area contributed by atoms with E-state index in [1.807, 2.05) is 0 Å². The van der Waals surface area contributed by atoms with E-state index in [9.17, 15) is 29.0 Å². The van der Waals surface area contributed by atoms with Crippen LogP contribution in [0.15, 0.2) is 30.3 Å². The normalized spacial score (nSPS) is 12.6. The van der Waals surface area contributed by atoms with Crippen LogP contribution in [-0.4, -0.2) is 38.1 Å². The summed E-state index contributed by atoms with van der Waals surface area (Å²) in [6, 6.07) is 6.65. The van der Waals surface area contributed by atoms with Crippen molar-refractivity contribution in [1.29, 1.82) is 0 Å². The van der Waals surface area contributed by atoms with Crippen LogP contribution < -0.4 is 5.32 Å². The van der Waals surface area contributed by atoms with E-state index >= 15 is 4.39 Å². The van der Waals surface area contributed by atoms with Gasteiger partial charge in [-0.15, -0.1) is 0 Å². The summed E-state index contributed by atoms with van der Waals surface area (Å²) >= 11 is 5.87. The van der Waals surface area contributed by atoms with Crippen molar-refractivity contribution in [3.8, 4) is 5.75 Å². The van der Waals surface area contributed by atoms with Gasteiger partial charge in [0.05, 0.1) is 11.4 Å². The molecule has 0 spiro atoms. The Hall–Kier alpha value is -3.46. The number of nitrogens with zero attached hydrogens (tertiary/aromatic N) is 1. The largest absolute Gasteiger partial charge is 0.503 e. The summed E-state index contributed by atoms with van der Waals surface area (Å²) in [5.41, 5.74) is -1.50. The van der Waals surface area contributed by atoms with Crippen LogP contribution in [0.5, 0.6) is 5.75 Å². The number of aliphatic carboxylic acids is 1. The summed E-state index contributed by atoms with van der Waals surface area (Å²) in [4.78, 5) is 37.5. The Morgan fingerprint density at radius 2 is 1.73 bits per heavy atom. The van der Waals surface area contributed by atoms with E-state index in [0.29, 0.717) is 5.02 Å². The first kappa shape index (κ1) is 24.2. The standard InChI is InChI=1S/C23H21ClF2N2O5/c1-10(20(30)27-23(3,4)22(32)33)16-11(2)28(21(31)12-5-7-13(24)8-6-12)15-9-14(25)19(29)18(26)17(15)16/h5-10,29H,1-4H3,(H,27,30)(H,32,33). The molecule has 1 atom stereocenters. The molecule has 1 amide bonds. The molecule has 0 aliphatic heterocycles.